The molecule has 0 radical (unpaired) electrons. The van der Waals surface area contributed by atoms with E-state index in [0.717, 1.165) is 22.3 Å². The Labute approximate surface area is 181 Å². The lowest BCUT2D eigenvalue weighted by Gasteiger charge is -2.24. The van der Waals surface area contributed by atoms with Crippen molar-refractivity contribution in [2.24, 2.45) is 0 Å². The number of benzene rings is 3. The van der Waals surface area contributed by atoms with Gasteiger partial charge in [-0.2, -0.15) is 0 Å². The van der Waals surface area contributed by atoms with Gasteiger partial charge in [0.2, 0.25) is 0 Å². The van der Waals surface area contributed by atoms with Gasteiger partial charge in [-0.1, -0.05) is 35.5 Å². The van der Waals surface area contributed by atoms with E-state index in [0.29, 0.717) is 23.4 Å². The molecule has 1 aliphatic rings. The first-order valence-electron chi connectivity index (χ1n) is 9.73. The molecule has 0 saturated carbocycles. The van der Waals surface area contributed by atoms with Gasteiger partial charge in [-0.25, -0.2) is 0 Å². The first kappa shape index (κ1) is 19.3. The Balaban J connectivity index is 1.47. The summed E-state index contributed by atoms with van der Waals surface area (Å²) < 4.78 is 5.55. The van der Waals surface area contributed by atoms with Crippen molar-refractivity contribution in [3.8, 4) is 11.3 Å². The normalized spacial score (nSPS) is 16.0. The summed E-state index contributed by atoms with van der Waals surface area (Å²) in [6.07, 6.45) is 0. The maximum Gasteiger partial charge on any atom is 0.269 e. The molecule has 1 saturated heterocycles. The lowest BCUT2D eigenvalue weighted by atomic mass is 10.1. The topological polar surface area (TPSA) is 89.5 Å². The van der Waals surface area contributed by atoms with E-state index in [2.05, 4.69) is 5.16 Å². The minimum absolute atomic E-state index is 0.0379. The summed E-state index contributed by atoms with van der Waals surface area (Å²) in [6.45, 7) is 0.609. The van der Waals surface area contributed by atoms with E-state index in [1.807, 2.05) is 41.3 Å². The summed E-state index contributed by atoms with van der Waals surface area (Å²) in [5, 5.41) is 15.7. The van der Waals surface area contributed by atoms with Gasteiger partial charge in [0.15, 0.2) is 5.76 Å². The Morgan fingerprint density at radius 1 is 1.10 bits per heavy atom. The van der Waals surface area contributed by atoms with E-state index in [4.69, 9.17) is 4.52 Å². The van der Waals surface area contributed by atoms with Gasteiger partial charge in [0.25, 0.3) is 11.6 Å². The smallest absolute Gasteiger partial charge is 0.269 e. The number of carbonyl (C=O) groups is 1. The van der Waals surface area contributed by atoms with Crippen molar-refractivity contribution < 1.29 is 14.2 Å². The third kappa shape index (κ3) is 3.55. The minimum atomic E-state index is -0.424. The first-order chi connectivity index (χ1) is 15.1. The highest BCUT2D eigenvalue weighted by molar-refractivity contribution is 7.99. The molecule has 154 valence electrons. The van der Waals surface area contributed by atoms with Crippen molar-refractivity contribution in [1.82, 2.24) is 10.1 Å². The van der Waals surface area contributed by atoms with Crippen LogP contribution in [0.25, 0.3) is 22.2 Å². The summed E-state index contributed by atoms with van der Waals surface area (Å²) in [5.41, 5.74) is 3.06. The molecular formula is C23H17N3O4S. The minimum Gasteiger partial charge on any atom is -0.355 e. The molecule has 1 aliphatic heterocycles. The molecule has 7 nitrogen and oxygen atoms in total. The van der Waals surface area contributed by atoms with E-state index in [1.165, 1.54) is 12.1 Å². The van der Waals surface area contributed by atoms with Crippen molar-refractivity contribution >= 4 is 34.3 Å². The molecule has 31 heavy (non-hydrogen) atoms. The molecule has 1 amide bonds. The van der Waals surface area contributed by atoms with Crippen LogP contribution in [0.4, 0.5) is 5.69 Å². The van der Waals surface area contributed by atoms with Crippen LogP contribution in [0.1, 0.15) is 21.3 Å². The number of non-ortho nitro benzene ring substituents is 1. The molecule has 2 heterocycles. The summed E-state index contributed by atoms with van der Waals surface area (Å²) in [4.78, 5) is 25.7. The molecule has 1 atom stereocenters. The number of hydrogen-bond acceptors (Lipinski definition) is 6. The molecule has 0 N–H and O–H groups in total. The van der Waals surface area contributed by atoms with Crippen LogP contribution in [-0.4, -0.2) is 33.2 Å². The van der Waals surface area contributed by atoms with Crippen molar-refractivity contribution in [3.05, 3.63) is 94.0 Å². The predicted octanol–water partition coefficient (Wildman–Crippen LogP) is 5.29. The van der Waals surface area contributed by atoms with Gasteiger partial charge < -0.3 is 9.42 Å². The zero-order valence-electron chi connectivity index (χ0n) is 16.3. The van der Waals surface area contributed by atoms with Crippen LogP contribution in [0.15, 0.2) is 77.3 Å². The second kappa shape index (κ2) is 7.88. The van der Waals surface area contributed by atoms with Gasteiger partial charge in [0.1, 0.15) is 10.9 Å². The zero-order chi connectivity index (χ0) is 21.4. The second-order valence-electron chi connectivity index (χ2n) is 7.18. The SMILES string of the molecule is O=C(c1ccc2noc(-c3ccccc3)c2c1)N1CCSC1c1ccc([N+](=O)[O-])cc1. The Morgan fingerprint density at radius 2 is 1.87 bits per heavy atom. The average molecular weight is 431 g/mol. The summed E-state index contributed by atoms with van der Waals surface area (Å²) in [6, 6.07) is 21.4. The van der Waals surface area contributed by atoms with E-state index in [1.54, 1.807) is 36.0 Å². The number of carbonyl (C=O) groups excluding carboxylic acids is 1. The Morgan fingerprint density at radius 3 is 2.61 bits per heavy atom. The number of nitro groups is 1. The van der Waals surface area contributed by atoms with E-state index in [-0.39, 0.29) is 17.0 Å². The fraction of sp³-hybridized carbons (Fsp3) is 0.130. The third-order valence-electron chi connectivity index (χ3n) is 5.30. The van der Waals surface area contributed by atoms with Crippen molar-refractivity contribution in [2.45, 2.75) is 5.37 Å². The molecular weight excluding hydrogens is 414 g/mol. The van der Waals surface area contributed by atoms with Gasteiger partial charge in [-0.3, -0.25) is 14.9 Å². The number of hydrogen-bond donors (Lipinski definition) is 0. The second-order valence-corrected chi connectivity index (χ2v) is 8.37. The monoisotopic (exact) mass is 431 g/mol. The summed E-state index contributed by atoms with van der Waals surface area (Å²) in [7, 11) is 0. The Bertz CT molecular complexity index is 1270. The quantitative estimate of drug-likeness (QED) is 0.322. The number of nitrogens with zero attached hydrogens (tertiary/aromatic N) is 3. The van der Waals surface area contributed by atoms with Crippen molar-refractivity contribution in [2.75, 3.05) is 12.3 Å². The molecule has 3 aromatic carbocycles. The van der Waals surface area contributed by atoms with Crippen LogP contribution in [0.5, 0.6) is 0 Å². The molecule has 0 aliphatic carbocycles. The molecule has 4 aromatic rings. The highest BCUT2D eigenvalue weighted by Gasteiger charge is 2.32. The Kier molecular flexibility index (Phi) is 4.91. The van der Waals surface area contributed by atoms with E-state index in [9.17, 15) is 14.9 Å². The van der Waals surface area contributed by atoms with Crippen LogP contribution in [-0.2, 0) is 0 Å². The molecule has 1 aromatic heterocycles. The van der Waals surface area contributed by atoms with Gasteiger partial charge in [0, 0.05) is 35.6 Å². The number of nitro benzene ring substituents is 1. The zero-order valence-corrected chi connectivity index (χ0v) is 17.1. The lowest BCUT2D eigenvalue weighted by molar-refractivity contribution is -0.384. The van der Waals surface area contributed by atoms with Gasteiger partial charge in [0.05, 0.1) is 10.3 Å². The van der Waals surface area contributed by atoms with E-state index >= 15 is 0 Å². The van der Waals surface area contributed by atoms with Gasteiger partial charge >= 0.3 is 0 Å². The van der Waals surface area contributed by atoms with Crippen LogP contribution in [0, 0.1) is 10.1 Å². The number of fused-ring (bicyclic) bond motifs is 1. The van der Waals surface area contributed by atoms with E-state index < -0.39 is 4.92 Å². The van der Waals surface area contributed by atoms with Crippen LogP contribution < -0.4 is 0 Å². The highest BCUT2D eigenvalue weighted by Crippen LogP contribution is 2.39. The first-order valence-corrected chi connectivity index (χ1v) is 10.8. The molecule has 1 unspecified atom stereocenters. The number of rotatable bonds is 4. The Hall–Kier alpha value is -3.65. The maximum atomic E-state index is 13.4. The highest BCUT2D eigenvalue weighted by atomic mass is 32.2. The molecule has 0 bridgehead atoms. The maximum absolute atomic E-state index is 13.4. The van der Waals surface area contributed by atoms with Gasteiger partial charge in [-0.05, 0) is 35.9 Å². The average Bonchev–Trinajstić information content (AvgIpc) is 3.46. The standard InChI is InChI=1S/C23H17N3O4S/c27-22(25-12-13-31-23(25)16-6-9-18(10-7-16)26(28)29)17-8-11-20-19(14-17)21(30-24-20)15-4-2-1-3-5-15/h1-11,14,23H,12-13H2. The molecule has 0 spiro atoms. The molecule has 1 fully saturated rings. The predicted molar refractivity (Wildman–Crippen MR) is 119 cm³/mol. The summed E-state index contributed by atoms with van der Waals surface area (Å²) in [5.74, 6) is 1.35. The molecule has 5 rings (SSSR count). The fourth-order valence-corrected chi connectivity index (χ4v) is 5.01. The number of aromatic nitrogens is 1. The van der Waals surface area contributed by atoms with Crippen LogP contribution in [0.2, 0.25) is 0 Å². The van der Waals surface area contributed by atoms with Crippen LogP contribution in [0.3, 0.4) is 0 Å². The number of thioether (sulfide) groups is 1. The summed E-state index contributed by atoms with van der Waals surface area (Å²) >= 11 is 1.65. The largest absolute Gasteiger partial charge is 0.355 e. The lowest BCUT2D eigenvalue weighted by Crippen LogP contribution is -2.30. The van der Waals surface area contributed by atoms with Crippen molar-refractivity contribution in [3.63, 3.8) is 0 Å². The number of amides is 1. The third-order valence-corrected chi connectivity index (χ3v) is 6.56. The fourth-order valence-electron chi connectivity index (χ4n) is 3.75. The van der Waals surface area contributed by atoms with Gasteiger partial charge in [-0.15, -0.1) is 11.8 Å². The van der Waals surface area contributed by atoms with Crippen molar-refractivity contribution in [1.29, 1.82) is 0 Å². The molecule has 8 heteroatoms. The van der Waals surface area contributed by atoms with Crippen LogP contribution >= 0.6 is 11.8 Å².